The Morgan fingerprint density at radius 1 is 1.65 bits per heavy atom. The molecule has 1 fully saturated rings. The molecule has 0 saturated carbocycles. The molecule has 7 heteroatoms. The second kappa shape index (κ2) is 4.75. The third kappa shape index (κ3) is 2.67. The molecule has 6 nitrogen and oxygen atoms in total. The fraction of sp³-hybridized carbons (Fsp3) is 0.700. The van der Waals surface area contributed by atoms with Crippen LogP contribution in [0.1, 0.15) is 12.8 Å². The van der Waals surface area contributed by atoms with Crippen molar-refractivity contribution in [3.8, 4) is 0 Å². The molecule has 0 aliphatic carbocycles. The molecule has 1 aromatic heterocycles. The summed E-state index contributed by atoms with van der Waals surface area (Å²) in [5, 5.41) is 7.18. The highest BCUT2D eigenvalue weighted by atomic mass is 32.2. The first-order valence-corrected chi connectivity index (χ1v) is 7.12. The number of rotatable bonds is 4. The van der Waals surface area contributed by atoms with Gasteiger partial charge in [-0.1, -0.05) is 0 Å². The fourth-order valence-corrected chi connectivity index (χ4v) is 3.24. The molecule has 1 aliphatic heterocycles. The Bertz CT molecular complexity index is 476. The van der Waals surface area contributed by atoms with Crippen LogP contribution >= 0.6 is 0 Å². The molecule has 0 amide bonds. The van der Waals surface area contributed by atoms with Crippen molar-refractivity contribution in [2.45, 2.75) is 23.8 Å². The van der Waals surface area contributed by atoms with Gasteiger partial charge < -0.3 is 5.32 Å². The fourth-order valence-electron chi connectivity index (χ4n) is 2.03. The molecule has 17 heavy (non-hydrogen) atoms. The topological polar surface area (TPSA) is 67.2 Å². The molecule has 1 unspecified atom stereocenters. The van der Waals surface area contributed by atoms with Crippen LogP contribution in [0, 0.1) is 0 Å². The van der Waals surface area contributed by atoms with Gasteiger partial charge in [-0.15, -0.1) is 0 Å². The third-order valence-corrected chi connectivity index (χ3v) is 4.81. The Morgan fingerprint density at radius 2 is 2.41 bits per heavy atom. The van der Waals surface area contributed by atoms with E-state index in [4.69, 9.17) is 0 Å². The van der Waals surface area contributed by atoms with Crippen LogP contribution in [0.25, 0.3) is 0 Å². The summed E-state index contributed by atoms with van der Waals surface area (Å²) >= 11 is 0. The Morgan fingerprint density at radius 3 is 2.94 bits per heavy atom. The van der Waals surface area contributed by atoms with E-state index in [-0.39, 0.29) is 10.9 Å². The minimum atomic E-state index is -3.40. The van der Waals surface area contributed by atoms with E-state index in [1.165, 1.54) is 21.4 Å². The van der Waals surface area contributed by atoms with Gasteiger partial charge in [0.05, 0.1) is 6.20 Å². The predicted molar refractivity (Wildman–Crippen MR) is 64.0 cm³/mol. The van der Waals surface area contributed by atoms with Gasteiger partial charge in [-0.05, 0) is 19.4 Å². The number of hydrogen-bond acceptors (Lipinski definition) is 4. The van der Waals surface area contributed by atoms with Crippen molar-refractivity contribution in [3.05, 3.63) is 12.4 Å². The summed E-state index contributed by atoms with van der Waals surface area (Å²) in [5.74, 6) is 0. The van der Waals surface area contributed by atoms with Crippen molar-refractivity contribution in [2.75, 3.05) is 20.1 Å². The van der Waals surface area contributed by atoms with Crippen molar-refractivity contribution in [1.82, 2.24) is 19.4 Å². The Labute approximate surface area is 102 Å². The maximum Gasteiger partial charge on any atom is 0.245 e. The smallest absolute Gasteiger partial charge is 0.245 e. The van der Waals surface area contributed by atoms with Gasteiger partial charge in [-0.2, -0.15) is 9.40 Å². The van der Waals surface area contributed by atoms with Gasteiger partial charge in [0.2, 0.25) is 10.0 Å². The summed E-state index contributed by atoms with van der Waals surface area (Å²) in [6, 6.07) is 0.270. The van der Waals surface area contributed by atoms with Crippen molar-refractivity contribution in [3.63, 3.8) is 0 Å². The van der Waals surface area contributed by atoms with E-state index in [1.54, 1.807) is 14.1 Å². The second-order valence-electron chi connectivity index (χ2n) is 4.43. The lowest BCUT2D eigenvalue weighted by atomic mass is 10.2. The lowest BCUT2D eigenvalue weighted by Crippen LogP contribution is -2.38. The number of likely N-dealkylation sites (N-methyl/N-ethyl adjacent to an activating group) is 1. The van der Waals surface area contributed by atoms with E-state index >= 15 is 0 Å². The van der Waals surface area contributed by atoms with Gasteiger partial charge in [0, 0.05) is 32.9 Å². The molecule has 1 aliphatic rings. The molecule has 0 aromatic carbocycles. The molecule has 1 saturated heterocycles. The van der Waals surface area contributed by atoms with E-state index in [0.29, 0.717) is 6.54 Å². The van der Waals surface area contributed by atoms with Crippen LogP contribution in [0.15, 0.2) is 17.3 Å². The third-order valence-electron chi connectivity index (χ3n) is 3.03. The van der Waals surface area contributed by atoms with Gasteiger partial charge in [0.1, 0.15) is 4.90 Å². The molecule has 96 valence electrons. The van der Waals surface area contributed by atoms with Gasteiger partial charge in [0.15, 0.2) is 0 Å². The monoisotopic (exact) mass is 258 g/mol. The van der Waals surface area contributed by atoms with Crippen LogP contribution in [-0.2, 0) is 17.1 Å². The summed E-state index contributed by atoms with van der Waals surface area (Å²) in [6.07, 6.45) is 5.06. The zero-order valence-corrected chi connectivity index (χ0v) is 10.9. The second-order valence-corrected chi connectivity index (χ2v) is 6.47. The highest BCUT2D eigenvalue weighted by molar-refractivity contribution is 7.89. The molecule has 1 N–H and O–H groups in total. The summed E-state index contributed by atoms with van der Waals surface area (Å²) in [7, 11) is -0.0763. The zero-order chi connectivity index (χ0) is 12.5. The average molecular weight is 258 g/mol. The van der Waals surface area contributed by atoms with Crippen LogP contribution in [0.2, 0.25) is 0 Å². The lowest BCUT2D eigenvalue weighted by Gasteiger charge is -2.20. The number of sulfonamides is 1. The maximum absolute atomic E-state index is 12.2. The molecule has 1 atom stereocenters. The normalized spacial score (nSPS) is 21.2. The van der Waals surface area contributed by atoms with E-state index in [9.17, 15) is 8.42 Å². The van der Waals surface area contributed by atoms with Gasteiger partial charge in [0.25, 0.3) is 0 Å². The largest absolute Gasteiger partial charge is 0.313 e. The number of aromatic nitrogens is 2. The highest BCUT2D eigenvalue weighted by Gasteiger charge is 2.26. The van der Waals surface area contributed by atoms with Crippen molar-refractivity contribution in [1.29, 1.82) is 0 Å². The molecule has 0 radical (unpaired) electrons. The molecular formula is C10H18N4O2S. The summed E-state index contributed by atoms with van der Waals surface area (Å²) in [4.78, 5) is 0.250. The molecule has 0 bridgehead atoms. The number of nitrogens with zero attached hydrogens (tertiary/aromatic N) is 3. The predicted octanol–water partition coefficient (Wildman–Crippen LogP) is -0.207. The van der Waals surface area contributed by atoms with Crippen LogP contribution in [-0.4, -0.2) is 48.7 Å². The Hall–Kier alpha value is -0.920. The average Bonchev–Trinajstić information content (AvgIpc) is 2.89. The Balaban J connectivity index is 2.09. The molecule has 0 spiro atoms. The van der Waals surface area contributed by atoms with E-state index in [2.05, 4.69) is 10.4 Å². The van der Waals surface area contributed by atoms with E-state index in [1.807, 2.05) is 0 Å². The minimum absolute atomic E-state index is 0.250. The van der Waals surface area contributed by atoms with Crippen LogP contribution in [0.3, 0.4) is 0 Å². The molecule has 2 rings (SSSR count). The maximum atomic E-state index is 12.2. The summed E-state index contributed by atoms with van der Waals surface area (Å²) < 4.78 is 27.2. The van der Waals surface area contributed by atoms with E-state index in [0.717, 1.165) is 19.4 Å². The van der Waals surface area contributed by atoms with Gasteiger partial charge >= 0.3 is 0 Å². The lowest BCUT2D eigenvalue weighted by molar-refractivity contribution is 0.417. The number of nitrogens with one attached hydrogen (secondary N) is 1. The van der Waals surface area contributed by atoms with E-state index < -0.39 is 10.0 Å². The molecule has 2 heterocycles. The summed E-state index contributed by atoms with van der Waals surface area (Å²) in [6.45, 7) is 1.49. The molecular weight excluding hydrogens is 240 g/mol. The SMILES string of the molecule is CN(CC1CCCN1)S(=O)(=O)c1cnn(C)c1. The van der Waals surface area contributed by atoms with Crippen LogP contribution in [0.4, 0.5) is 0 Å². The first-order chi connectivity index (χ1) is 8.00. The Kier molecular flexibility index (Phi) is 3.50. The van der Waals surface area contributed by atoms with Gasteiger partial charge in [-0.25, -0.2) is 8.42 Å². The minimum Gasteiger partial charge on any atom is -0.313 e. The van der Waals surface area contributed by atoms with Crippen molar-refractivity contribution in [2.24, 2.45) is 7.05 Å². The first-order valence-electron chi connectivity index (χ1n) is 5.68. The quantitative estimate of drug-likeness (QED) is 0.811. The van der Waals surface area contributed by atoms with Crippen molar-refractivity contribution >= 4 is 10.0 Å². The van der Waals surface area contributed by atoms with Crippen molar-refractivity contribution < 1.29 is 8.42 Å². The zero-order valence-electron chi connectivity index (χ0n) is 10.1. The van der Waals surface area contributed by atoms with Gasteiger partial charge in [-0.3, -0.25) is 4.68 Å². The standard InChI is InChI=1S/C10H18N4O2S/c1-13-8-10(6-12-13)17(15,16)14(2)7-9-4-3-5-11-9/h6,8-9,11H,3-5,7H2,1-2H3. The molecule has 1 aromatic rings. The highest BCUT2D eigenvalue weighted by Crippen LogP contribution is 2.15. The number of hydrogen-bond donors (Lipinski definition) is 1. The van der Waals surface area contributed by atoms with Crippen LogP contribution < -0.4 is 5.32 Å². The first kappa shape index (κ1) is 12.5. The summed E-state index contributed by atoms with van der Waals surface area (Å²) in [5.41, 5.74) is 0. The number of aryl methyl sites for hydroxylation is 1. The van der Waals surface area contributed by atoms with Crippen LogP contribution in [0.5, 0.6) is 0 Å².